The van der Waals surface area contributed by atoms with E-state index in [9.17, 15) is 22.0 Å². The van der Waals surface area contributed by atoms with Gasteiger partial charge in [-0.15, -0.1) is 13.2 Å². The third-order valence-electron chi connectivity index (χ3n) is 1.59. The summed E-state index contributed by atoms with van der Waals surface area (Å²) in [5, 5.41) is 9.11. The summed E-state index contributed by atoms with van der Waals surface area (Å²) in [7, 11) is 1.02. The molecule has 0 fully saturated rings. The summed E-state index contributed by atoms with van der Waals surface area (Å²) in [6.07, 6.45) is -8.46. The van der Waals surface area contributed by atoms with Gasteiger partial charge in [0, 0.05) is 6.07 Å². The number of nitrogens with zero attached hydrogens (tertiary/aromatic N) is 1. The van der Waals surface area contributed by atoms with E-state index in [2.05, 4.69) is 14.5 Å². The molecule has 0 amide bonds. The lowest BCUT2D eigenvalue weighted by atomic mass is 10.3. The van der Waals surface area contributed by atoms with Crippen molar-refractivity contribution in [2.75, 3.05) is 7.11 Å². The van der Waals surface area contributed by atoms with E-state index in [4.69, 9.17) is 5.11 Å². The Kier molecular flexibility index (Phi) is 3.59. The average Bonchev–Trinajstić information content (AvgIpc) is 2.14. The molecule has 0 atom stereocenters. The van der Waals surface area contributed by atoms with Crippen molar-refractivity contribution in [2.24, 2.45) is 0 Å². The van der Waals surface area contributed by atoms with E-state index in [0.717, 1.165) is 7.11 Å². The first-order valence-corrected chi connectivity index (χ1v) is 4.06. The van der Waals surface area contributed by atoms with Crippen molar-refractivity contribution >= 4 is 0 Å². The second-order valence-electron chi connectivity index (χ2n) is 2.75. The highest BCUT2D eigenvalue weighted by atomic mass is 19.4. The van der Waals surface area contributed by atoms with Crippen LogP contribution in [0.25, 0.3) is 0 Å². The number of aromatic nitrogens is 1. The lowest BCUT2D eigenvalue weighted by molar-refractivity contribution is -0.275. The van der Waals surface area contributed by atoms with Gasteiger partial charge < -0.3 is 14.6 Å². The second-order valence-corrected chi connectivity index (χ2v) is 2.75. The minimum absolute atomic E-state index is 0.362. The minimum atomic E-state index is -5.16. The third kappa shape index (κ3) is 3.33. The van der Waals surface area contributed by atoms with E-state index in [1.807, 2.05) is 0 Å². The number of halogens is 5. The van der Waals surface area contributed by atoms with Crippen LogP contribution >= 0.6 is 0 Å². The molecular formula is C8H6F5NO3. The number of pyridine rings is 1. The SMILES string of the molecule is COc1nc(C(F)F)c(OC(F)(F)F)cc1O. The van der Waals surface area contributed by atoms with Gasteiger partial charge in [0.2, 0.25) is 0 Å². The maximum Gasteiger partial charge on any atom is 0.573 e. The van der Waals surface area contributed by atoms with E-state index in [1.54, 1.807) is 0 Å². The van der Waals surface area contributed by atoms with Crippen molar-refractivity contribution < 1.29 is 36.5 Å². The molecule has 9 heteroatoms. The zero-order valence-electron chi connectivity index (χ0n) is 8.26. The Bertz CT molecular complexity index is 407. The van der Waals surface area contributed by atoms with E-state index in [0.29, 0.717) is 6.07 Å². The molecular weight excluding hydrogens is 253 g/mol. The van der Waals surface area contributed by atoms with Crippen molar-refractivity contribution in [3.8, 4) is 17.4 Å². The van der Waals surface area contributed by atoms with Crippen LogP contribution in [0.4, 0.5) is 22.0 Å². The van der Waals surface area contributed by atoms with Crippen LogP contribution in [-0.2, 0) is 0 Å². The summed E-state index contributed by atoms with van der Waals surface area (Å²) in [5.74, 6) is -2.73. The zero-order chi connectivity index (χ0) is 13.2. The lowest BCUT2D eigenvalue weighted by Crippen LogP contribution is -2.18. The molecule has 0 aliphatic heterocycles. The minimum Gasteiger partial charge on any atom is -0.503 e. The van der Waals surface area contributed by atoms with Gasteiger partial charge in [0.05, 0.1) is 7.11 Å². The van der Waals surface area contributed by atoms with Gasteiger partial charge in [-0.2, -0.15) is 0 Å². The third-order valence-corrected chi connectivity index (χ3v) is 1.59. The Morgan fingerprint density at radius 3 is 2.35 bits per heavy atom. The van der Waals surface area contributed by atoms with Gasteiger partial charge in [0.1, 0.15) is 0 Å². The molecule has 0 radical (unpaired) electrons. The highest BCUT2D eigenvalue weighted by Crippen LogP contribution is 2.37. The molecule has 0 aliphatic rings. The topological polar surface area (TPSA) is 51.6 Å². The first kappa shape index (κ1) is 13.3. The van der Waals surface area contributed by atoms with Crippen molar-refractivity contribution in [3.63, 3.8) is 0 Å². The Morgan fingerprint density at radius 1 is 1.35 bits per heavy atom. The predicted octanol–water partition coefficient (Wildman–Crippen LogP) is 2.63. The fourth-order valence-electron chi connectivity index (χ4n) is 0.995. The number of alkyl halides is 5. The number of ether oxygens (including phenoxy) is 2. The Morgan fingerprint density at radius 2 is 1.94 bits per heavy atom. The highest BCUT2D eigenvalue weighted by Gasteiger charge is 2.34. The molecule has 1 aromatic heterocycles. The monoisotopic (exact) mass is 259 g/mol. The summed E-state index contributed by atoms with van der Waals surface area (Å²) in [6, 6.07) is 0.362. The summed E-state index contributed by atoms with van der Waals surface area (Å²) < 4.78 is 68.2. The van der Waals surface area contributed by atoms with Crippen molar-refractivity contribution in [2.45, 2.75) is 12.8 Å². The summed E-state index contributed by atoms with van der Waals surface area (Å²) in [5.41, 5.74) is -1.27. The van der Waals surface area contributed by atoms with Crippen LogP contribution < -0.4 is 9.47 Å². The van der Waals surface area contributed by atoms with Crippen molar-refractivity contribution in [1.82, 2.24) is 4.98 Å². The maximum absolute atomic E-state index is 12.4. The molecule has 0 unspecified atom stereocenters. The van der Waals surface area contributed by atoms with Crippen LogP contribution in [-0.4, -0.2) is 23.6 Å². The Hall–Kier alpha value is -1.80. The van der Waals surface area contributed by atoms with Crippen LogP contribution in [0, 0.1) is 0 Å². The number of hydrogen-bond acceptors (Lipinski definition) is 4. The van der Waals surface area contributed by atoms with Crippen LogP contribution in [0.1, 0.15) is 12.1 Å². The first-order valence-electron chi connectivity index (χ1n) is 4.06. The quantitative estimate of drug-likeness (QED) is 0.848. The molecule has 0 spiro atoms. The molecule has 1 aromatic rings. The molecule has 0 saturated carbocycles. The predicted molar refractivity (Wildman–Crippen MR) is 44.1 cm³/mol. The maximum atomic E-state index is 12.4. The van der Waals surface area contributed by atoms with Gasteiger partial charge >= 0.3 is 6.36 Å². The van der Waals surface area contributed by atoms with Crippen LogP contribution in [0.2, 0.25) is 0 Å². The fraction of sp³-hybridized carbons (Fsp3) is 0.375. The summed E-state index contributed by atoms with van der Waals surface area (Å²) in [4.78, 5) is 3.03. The number of rotatable bonds is 3. The van der Waals surface area contributed by atoms with Gasteiger partial charge in [0.15, 0.2) is 17.2 Å². The molecule has 0 saturated heterocycles. The molecule has 1 N–H and O–H groups in total. The Balaban J connectivity index is 3.23. The molecule has 96 valence electrons. The number of aromatic hydroxyl groups is 1. The molecule has 0 aliphatic carbocycles. The summed E-state index contributed by atoms with van der Waals surface area (Å²) >= 11 is 0. The van der Waals surface area contributed by atoms with E-state index in [-0.39, 0.29) is 0 Å². The summed E-state index contributed by atoms with van der Waals surface area (Å²) in [6.45, 7) is 0. The molecule has 17 heavy (non-hydrogen) atoms. The van der Waals surface area contributed by atoms with Gasteiger partial charge in [0.25, 0.3) is 12.3 Å². The average molecular weight is 259 g/mol. The van der Waals surface area contributed by atoms with E-state index in [1.165, 1.54) is 0 Å². The number of hydrogen-bond donors (Lipinski definition) is 1. The van der Waals surface area contributed by atoms with Crippen LogP contribution in [0.5, 0.6) is 17.4 Å². The largest absolute Gasteiger partial charge is 0.573 e. The van der Waals surface area contributed by atoms with Crippen LogP contribution in [0.3, 0.4) is 0 Å². The molecule has 1 heterocycles. The highest BCUT2D eigenvalue weighted by molar-refractivity contribution is 5.43. The molecule has 0 bridgehead atoms. The molecule has 4 nitrogen and oxygen atoms in total. The van der Waals surface area contributed by atoms with Gasteiger partial charge in [-0.1, -0.05) is 0 Å². The number of methoxy groups -OCH3 is 1. The smallest absolute Gasteiger partial charge is 0.503 e. The van der Waals surface area contributed by atoms with Crippen molar-refractivity contribution in [3.05, 3.63) is 11.8 Å². The van der Waals surface area contributed by atoms with Gasteiger partial charge in [-0.3, -0.25) is 0 Å². The van der Waals surface area contributed by atoms with Crippen molar-refractivity contribution in [1.29, 1.82) is 0 Å². The molecule has 1 rings (SSSR count). The molecule has 0 aromatic carbocycles. The van der Waals surface area contributed by atoms with Crippen LogP contribution in [0.15, 0.2) is 6.07 Å². The van der Waals surface area contributed by atoms with E-state index >= 15 is 0 Å². The Labute approximate surface area is 91.6 Å². The zero-order valence-corrected chi connectivity index (χ0v) is 8.26. The fourth-order valence-corrected chi connectivity index (χ4v) is 0.995. The van der Waals surface area contributed by atoms with E-state index < -0.39 is 35.9 Å². The van der Waals surface area contributed by atoms with Gasteiger partial charge in [-0.25, -0.2) is 13.8 Å². The normalized spacial score (nSPS) is 11.7. The van der Waals surface area contributed by atoms with Gasteiger partial charge in [-0.05, 0) is 0 Å². The lowest BCUT2D eigenvalue weighted by Gasteiger charge is -2.13. The second kappa shape index (κ2) is 4.60. The standard InChI is InChI=1S/C8H6F5NO3/c1-16-7-3(15)2-4(17-8(11,12)13)5(14-7)6(9)10/h2,6,15H,1H3. The first-order chi connectivity index (χ1) is 7.74.